The van der Waals surface area contributed by atoms with E-state index >= 15 is 0 Å². The van der Waals surface area contributed by atoms with Crippen LogP contribution in [0.15, 0.2) is 24.3 Å². The van der Waals surface area contributed by atoms with Crippen molar-refractivity contribution < 1.29 is 14.3 Å². The maximum Gasteiger partial charge on any atom is 0.313 e. The molecule has 124 valence electrons. The van der Waals surface area contributed by atoms with Crippen LogP contribution >= 0.6 is 0 Å². The first kappa shape index (κ1) is 18.5. The van der Waals surface area contributed by atoms with E-state index < -0.39 is 5.41 Å². The van der Waals surface area contributed by atoms with Crippen molar-refractivity contribution in [3.63, 3.8) is 0 Å². The Morgan fingerprint density at radius 2 is 1.77 bits per heavy atom. The zero-order valence-corrected chi connectivity index (χ0v) is 15.0. The Kier molecular flexibility index (Phi) is 6.04. The molecule has 0 aliphatic heterocycles. The highest BCUT2D eigenvalue weighted by Gasteiger charge is 2.52. The summed E-state index contributed by atoms with van der Waals surface area (Å²) in [6.07, 6.45) is 0.608. The average molecular weight is 306 g/mol. The van der Waals surface area contributed by atoms with Crippen LogP contribution in [0.25, 0.3) is 0 Å². The molecule has 1 aromatic carbocycles. The molecule has 0 spiro atoms. The molecule has 3 nitrogen and oxygen atoms in total. The Bertz CT molecular complexity index is 500. The highest BCUT2D eigenvalue weighted by molar-refractivity contribution is 5.79. The van der Waals surface area contributed by atoms with Gasteiger partial charge in [0.2, 0.25) is 0 Å². The Hall–Kier alpha value is -1.51. The first-order valence-electron chi connectivity index (χ1n) is 7.99. The van der Waals surface area contributed by atoms with Crippen molar-refractivity contribution in [2.75, 3.05) is 13.7 Å². The number of para-hydroxylation sites is 1. The first-order valence-corrected chi connectivity index (χ1v) is 7.99. The van der Waals surface area contributed by atoms with E-state index in [1.54, 1.807) is 7.11 Å². The molecule has 1 atom stereocenters. The number of carbonyl (C=O) groups is 1. The summed E-state index contributed by atoms with van der Waals surface area (Å²) in [5, 5.41) is 0. The monoisotopic (exact) mass is 306 g/mol. The smallest absolute Gasteiger partial charge is 0.313 e. The highest BCUT2D eigenvalue weighted by atomic mass is 16.5. The second-order valence-electron chi connectivity index (χ2n) is 7.09. The van der Waals surface area contributed by atoms with E-state index in [1.807, 2.05) is 31.2 Å². The molecule has 22 heavy (non-hydrogen) atoms. The molecule has 0 aliphatic carbocycles. The number of ether oxygens (including phenoxy) is 2. The summed E-state index contributed by atoms with van der Waals surface area (Å²) in [5.74, 6) is 0.848. The molecule has 0 N–H and O–H groups in total. The van der Waals surface area contributed by atoms with Gasteiger partial charge in [-0.3, -0.25) is 4.79 Å². The lowest BCUT2D eigenvalue weighted by Crippen LogP contribution is -2.50. The minimum atomic E-state index is -0.600. The number of hydrogen-bond acceptors (Lipinski definition) is 3. The molecule has 0 bridgehead atoms. The molecule has 0 saturated carbocycles. The molecule has 0 radical (unpaired) electrons. The van der Waals surface area contributed by atoms with Crippen molar-refractivity contribution >= 4 is 5.97 Å². The third kappa shape index (κ3) is 3.45. The molecule has 0 aromatic heterocycles. The summed E-state index contributed by atoms with van der Waals surface area (Å²) < 4.78 is 10.9. The molecular formula is C19H30O3. The number of benzene rings is 1. The van der Waals surface area contributed by atoms with Gasteiger partial charge in [0, 0.05) is 0 Å². The summed E-state index contributed by atoms with van der Waals surface area (Å²) in [4.78, 5) is 12.9. The van der Waals surface area contributed by atoms with Gasteiger partial charge < -0.3 is 9.47 Å². The quantitative estimate of drug-likeness (QED) is 0.726. The maximum atomic E-state index is 12.9. The van der Waals surface area contributed by atoms with Gasteiger partial charge in [0.15, 0.2) is 0 Å². The number of hydrogen-bond donors (Lipinski definition) is 0. The van der Waals surface area contributed by atoms with Crippen molar-refractivity contribution in [2.24, 2.45) is 16.7 Å². The van der Waals surface area contributed by atoms with E-state index in [0.29, 0.717) is 13.0 Å². The predicted octanol–water partition coefficient (Wildman–Crippen LogP) is 4.49. The largest absolute Gasteiger partial charge is 0.496 e. The Morgan fingerprint density at radius 3 is 2.23 bits per heavy atom. The van der Waals surface area contributed by atoms with Crippen molar-refractivity contribution in [1.29, 1.82) is 0 Å². The zero-order chi connectivity index (χ0) is 17.0. The average Bonchev–Trinajstić information content (AvgIpc) is 2.43. The standard InChI is InChI=1S/C19H30O3/c1-8-22-17(20)19(14(2)3,18(4,5)6)13-15-11-9-10-12-16(15)21-7/h9-12,14H,8,13H2,1-7H3. The van der Waals surface area contributed by atoms with Gasteiger partial charge in [0.05, 0.1) is 19.1 Å². The van der Waals surface area contributed by atoms with Crippen LogP contribution in [0.4, 0.5) is 0 Å². The molecule has 3 heteroatoms. The summed E-state index contributed by atoms with van der Waals surface area (Å²) in [5.41, 5.74) is 0.216. The number of rotatable bonds is 6. The van der Waals surface area contributed by atoms with E-state index in [0.717, 1.165) is 11.3 Å². The zero-order valence-electron chi connectivity index (χ0n) is 15.0. The van der Waals surface area contributed by atoms with Crippen LogP contribution in [0.3, 0.4) is 0 Å². The summed E-state index contributed by atoms with van der Waals surface area (Å²) in [7, 11) is 1.66. The van der Waals surface area contributed by atoms with Crippen molar-refractivity contribution in [1.82, 2.24) is 0 Å². The number of carbonyl (C=O) groups excluding carboxylic acids is 1. The van der Waals surface area contributed by atoms with Gasteiger partial charge in [0.1, 0.15) is 5.75 Å². The van der Waals surface area contributed by atoms with Crippen molar-refractivity contribution in [3.05, 3.63) is 29.8 Å². The number of esters is 1. The van der Waals surface area contributed by atoms with Gasteiger partial charge in [-0.05, 0) is 36.3 Å². The van der Waals surface area contributed by atoms with Crippen LogP contribution < -0.4 is 4.74 Å². The SMILES string of the molecule is CCOC(=O)C(Cc1ccccc1OC)(C(C)C)C(C)(C)C. The lowest BCUT2D eigenvalue weighted by atomic mass is 9.57. The molecule has 0 fully saturated rings. The summed E-state index contributed by atoms with van der Waals surface area (Å²) in [6, 6.07) is 7.90. The Morgan fingerprint density at radius 1 is 1.18 bits per heavy atom. The lowest BCUT2D eigenvalue weighted by Gasteiger charge is -2.46. The van der Waals surface area contributed by atoms with Crippen molar-refractivity contribution in [3.8, 4) is 5.75 Å². The third-order valence-corrected chi connectivity index (χ3v) is 4.63. The molecule has 0 aliphatic rings. The molecule has 1 rings (SSSR count). The molecular weight excluding hydrogens is 276 g/mol. The van der Waals surface area contributed by atoms with Gasteiger partial charge in [-0.25, -0.2) is 0 Å². The van der Waals surface area contributed by atoms with Crippen molar-refractivity contribution in [2.45, 2.75) is 48.0 Å². The van der Waals surface area contributed by atoms with E-state index in [1.165, 1.54) is 0 Å². The second kappa shape index (κ2) is 7.17. The maximum absolute atomic E-state index is 12.9. The second-order valence-corrected chi connectivity index (χ2v) is 7.09. The molecule has 0 saturated heterocycles. The molecule has 0 amide bonds. The summed E-state index contributed by atoms with van der Waals surface area (Å²) >= 11 is 0. The third-order valence-electron chi connectivity index (χ3n) is 4.63. The van der Waals surface area contributed by atoms with Gasteiger partial charge in [-0.15, -0.1) is 0 Å². The molecule has 0 heterocycles. The predicted molar refractivity (Wildman–Crippen MR) is 90.1 cm³/mol. The topological polar surface area (TPSA) is 35.5 Å². The lowest BCUT2D eigenvalue weighted by molar-refractivity contribution is -0.167. The fraction of sp³-hybridized carbons (Fsp3) is 0.632. The minimum absolute atomic E-state index is 0.122. The normalized spacial score (nSPS) is 14.5. The highest BCUT2D eigenvalue weighted by Crippen LogP contribution is 2.49. The van der Waals surface area contributed by atoms with Crippen LogP contribution in [0, 0.1) is 16.7 Å². The minimum Gasteiger partial charge on any atom is -0.496 e. The fourth-order valence-electron chi connectivity index (χ4n) is 3.36. The summed E-state index contributed by atoms with van der Waals surface area (Å²) in [6.45, 7) is 12.8. The molecule has 1 unspecified atom stereocenters. The van der Waals surface area contributed by atoms with E-state index in [2.05, 4.69) is 34.6 Å². The molecule has 1 aromatic rings. The van der Waals surface area contributed by atoms with E-state index in [-0.39, 0.29) is 17.3 Å². The van der Waals surface area contributed by atoms with Crippen LogP contribution in [0.2, 0.25) is 0 Å². The van der Waals surface area contributed by atoms with E-state index in [9.17, 15) is 4.79 Å². The van der Waals surface area contributed by atoms with Gasteiger partial charge in [-0.1, -0.05) is 52.8 Å². The fourth-order valence-corrected chi connectivity index (χ4v) is 3.36. The van der Waals surface area contributed by atoms with Gasteiger partial charge in [0.25, 0.3) is 0 Å². The van der Waals surface area contributed by atoms with Crippen LogP contribution in [-0.2, 0) is 16.0 Å². The van der Waals surface area contributed by atoms with Gasteiger partial charge in [-0.2, -0.15) is 0 Å². The van der Waals surface area contributed by atoms with E-state index in [4.69, 9.17) is 9.47 Å². The van der Waals surface area contributed by atoms with Gasteiger partial charge >= 0.3 is 5.97 Å². The number of methoxy groups -OCH3 is 1. The Balaban J connectivity index is 3.40. The van der Waals surface area contributed by atoms with Crippen LogP contribution in [0.5, 0.6) is 5.75 Å². The first-order chi connectivity index (χ1) is 10.2. The van der Waals surface area contributed by atoms with Crippen LogP contribution in [-0.4, -0.2) is 19.7 Å². The Labute approximate surface area is 135 Å². The van der Waals surface area contributed by atoms with Crippen LogP contribution in [0.1, 0.15) is 47.1 Å².